The molecule has 0 saturated heterocycles. The Bertz CT molecular complexity index is 920. The third-order valence-corrected chi connectivity index (χ3v) is 4.21. The second-order valence-electron chi connectivity index (χ2n) is 5.62. The third-order valence-electron chi connectivity index (χ3n) is 3.98. The molecule has 0 bridgehead atoms. The van der Waals surface area contributed by atoms with Crippen molar-refractivity contribution in [1.29, 1.82) is 0 Å². The van der Waals surface area contributed by atoms with Gasteiger partial charge in [-0.2, -0.15) is 0 Å². The number of halogens is 1. The highest BCUT2D eigenvalue weighted by atomic mass is 35.5. The number of benzene rings is 2. The van der Waals surface area contributed by atoms with Crippen molar-refractivity contribution in [1.82, 2.24) is 10.3 Å². The molecule has 0 radical (unpaired) electrons. The van der Waals surface area contributed by atoms with E-state index in [1.807, 2.05) is 30.5 Å². The van der Waals surface area contributed by atoms with Crippen molar-refractivity contribution in [2.24, 2.45) is 0 Å². The second-order valence-corrected chi connectivity index (χ2v) is 6.06. The highest BCUT2D eigenvalue weighted by Gasteiger charge is 2.24. The largest absolute Gasteiger partial charge is 0.467 e. The van der Waals surface area contributed by atoms with Gasteiger partial charge >= 0.3 is 5.97 Å². The molecule has 6 heteroatoms. The van der Waals surface area contributed by atoms with Gasteiger partial charge in [-0.3, -0.25) is 4.79 Å². The lowest BCUT2D eigenvalue weighted by atomic mass is 10.0. The van der Waals surface area contributed by atoms with E-state index in [2.05, 4.69) is 10.3 Å². The molecule has 5 nitrogen and oxygen atoms in total. The standard InChI is InChI=1S/C19H17ClN2O3/c1-25-19(24)17(22-18(23)12-5-4-6-14(20)9-12)10-13-11-21-16-8-3-2-7-15(13)16/h2-9,11,17,21H,10H2,1H3,(H,22,23)/t17-/m0/s1. The summed E-state index contributed by atoms with van der Waals surface area (Å²) in [6.07, 6.45) is 2.16. The summed E-state index contributed by atoms with van der Waals surface area (Å²) in [7, 11) is 1.30. The highest BCUT2D eigenvalue weighted by molar-refractivity contribution is 6.31. The molecule has 1 aromatic heterocycles. The maximum Gasteiger partial charge on any atom is 0.328 e. The van der Waals surface area contributed by atoms with Crippen molar-refractivity contribution in [3.05, 3.63) is 70.9 Å². The van der Waals surface area contributed by atoms with Gasteiger partial charge in [0.15, 0.2) is 0 Å². The molecule has 0 fully saturated rings. The molecular formula is C19H17ClN2O3. The summed E-state index contributed by atoms with van der Waals surface area (Å²) >= 11 is 5.92. The number of carbonyl (C=O) groups excluding carboxylic acids is 2. The quantitative estimate of drug-likeness (QED) is 0.689. The van der Waals surface area contributed by atoms with Gasteiger partial charge in [-0.1, -0.05) is 35.9 Å². The van der Waals surface area contributed by atoms with Crippen LogP contribution in [0.5, 0.6) is 0 Å². The van der Waals surface area contributed by atoms with Crippen molar-refractivity contribution < 1.29 is 14.3 Å². The number of esters is 1. The zero-order chi connectivity index (χ0) is 17.8. The number of hydrogen-bond donors (Lipinski definition) is 2. The normalized spacial score (nSPS) is 11.9. The van der Waals surface area contributed by atoms with Crippen LogP contribution < -0.4 is 5.32 Å². The fourth-order valence-electron chi connectivity index (χ4n) is 2.73. The number of methoxy groups -OCH3 is 1. The maximum absolute atomic E-state index is 12.4. The van der Waals surface area contributed by atoms with Crippen LogP contribution in [0.4, 0.5) is 0 Å². The van der Waals surface area contributed by atoms with E-state index in [9.17, 15) is 9.59 Å². The van der Waals surface area contributed by atoms with E-state index in [4.69, 9.17) is 16.3 Å². The molecule has 0 aliphatic carbocycles. The first-order valence-corrected chi connectivity index (χ1v) is 8.15. The van der Waals surface area contributed by atoms with Crippen LogP contribution in [0.25, 0.3) is 10.9 Å². The summed E-state index contributed by atoms with van der Waals surface area (Å²) < 4.78 is 4.84. The van der Waals surface area contributed by atoms with Crippen LogP contribution in [0.1, 0.15) is 15.9 Å². The van der Waals surface area contributed by atoms with E-state index in [1.165, 1.54) is 7.11 Å². The molecule has 3 rings (SSSR count). The molecule has 0 unspecified atom stereocenters. The second kappa shape index (κ2) is 7.40. The van der Waals surface area contributed by atoms with E-state index in [-0.39, 0.29) is 5.91 Å². The van der Waals surface area contributed by atoms with Crippen LogP contribution in [0.2, 0.25) is 5.02 Å². The van der Waals surface area contributed by atoms with Gasteiger partial charge in [-0.25, -0.2) is 4.79 Å². The smallest absolute Gasteiger partial charge is 0.328 e. The van der Waals surface area contributed by atoms with Gasteiger partial charge in [-0.15, -0.1) is 0 Å². The fraction of sp³-hybridized carbons (Fsp3) is 0.158. The average molecular weight is 357 g/mol. The van der Waals surface area contributed by atoms with Crippen molar-refractivity contribution in [2.75, 3.05) is 7.11 Å². The van der Waals surface area contributed by atoms with Crippen LogP contribution in [0.3, 0.4) is 0 Å². The van der Waals surface area contributed by atoms with Gasteiger partial charge in [0.05, 0.1) is 7.11 Å². The molecule has 1 heterocycles. The summed E-state index contributed by atoms with van der Waals surface area (Å²) in [5.74, 6) is -0.876. The number of fused-ring (bicyclic) bond motifs is 1. The summed E-state index contributed by atoms with van der Waals surface area (Å²) in [5, 5.41) is 4.19. The lowest BCUT2D eigenvalue weighted by molar-refractivity contribution is -0.142. The Hall–Kier alpha value is -2.79. The molecule has 2 N–H and O–H groups in total. The first-order valence-electron chi connectivity index (χ1n) is 7.77. The third kappa shape index (κ3) is 3.83. The lowest BCUT2D eigenvalue weighted by Gasteiger charge is -2.16. The Morgan fingerprint density at radius 2 is 2.00 bits per heavy atom. The summed E-state index contributed by atoms with van der Waals surface area (Å²) in [4.78, 5) is 27.7. The molecule has 0 aliphatic heterocycles. The predicted octanol–water partition coefficient (Wildman–Crippen LogP) is 3.34. The minimum absolute atomic E-state index is 0.322. The van der Waals surface area contributed by atoms with Gasteiger partial charge in [0.2, 0.25) is 0 Å². The number of H-pyrrole nitrogens is 1. The molecule has 25 heavy (non-hydrogen) atoms. The predicted molar refractivity (Wildman–Crippen MR) is 96.7 cm³/mol. The van der Waals surface area contributed by atoms with E-state index in [1.54, 1.807) is 24.3 Å². The fourth-order valence-corrected chi connectivity index (χ4v) is 2.92. The van der Waals surface area contributed by atoms with Gasteiger partial charge in [-0.05, 0) is 29.8 Å². The monoisotopic (exact) mass is 356 g/mol. The lowest BCUT2D eigenvalue weighted by Crippen LogP contribution is -2.43. The van der Waals surface area contributed by atoms with Crippen molar-refractivity contribution in [3.63, 3.8) is 0 Å². The van der Waals surface area contributed by atoms with Crippen molar-refractivity contribution in [2.45, 2.75) is 12.5 Å². The van der Waals surface area contributed by atoms with Crippen LogP contribution in [0, 0.1) is 0 Å². The van der Waals surface area contributed by atoms with E-state index in [0.29, 0.717) is 17.0 Å². The number of carbonyl (C=O) groups is 2. The topological polar surface area (TPSA) is 71.2 Å². The van der Waals surface area contributed by atoms with Crippen LogP contribution >= 0.6 is 11.6 Å². The maximum atomic E-state index is 12.4. The Kier molecular flexibility index (Phi) is 5.05. The Labute approximate surface area is 149 Å². The number of amides is 1. The van der Waals surface area contributed by atoms with E-state index >= 15 is 0 Å². The Morgan fingerprint density at radius 1 is 1.20 bits per heavy atom. The number of para-hydroxylation sites is 1. The van der Waals surface area contributed by atoms with Gasteiger partial charge < -0.3 is 15.0 Å². The first-order chi connectivity index (χ1) is 12.1. The Morgan fingerprint density at radius 3 is 2.76 bits per heavy atom. The molecule has 128 valence electrons. The van der Waals surface area contributed by atoms with Gasteiger partial charge in [0.25, 0.3) is 5.91 Å². The number of aromatic nitrogens is 1. The summed E-state index contributed by atoms with van der Waals surface area (Å²) in [6.45, 7) is 0. The van der Waals surface area contributed by atoms with E-state index in [0.717, 1.165) is 16.5 Å². The first kappa shape index (κ1) is 17.0. The number of hydrogen-bond acceptors (Lipinski definition) is 3. The Balaban J connectivity index is 1.83. The molecular weight excluding hydrogens is 340 g/mol. The van der Waals surface area contributed by atoms with Crippen molar-refractivity contribution >= 4 is 34.4 Å². The highest BCUT2D eigenvalue weighted by Crippen LogP contribution is 2.19. The number of ether oxygens (including phenoxy) is 1. The number of aromatic amines is 1. The van der Waals surface area contributed by atoms with E-state index < -0.39 is 12.0 Å². The zero-order valence-electron chi connectivity index (χ0n) is 13.6. The molecule has 3 aromatic rings. The SMILES string of the molecule is COC(=O)[C@H](Cc1c[nH]c2ccccc12)NC(=O)c1cccc(Cl)c1. The molecule has 0 aliphatic rings. The molecule has 1 amide bonds. The summed E-state index contributed by atoms with van der Waals surface area (Å²) in [5.41, 5.74) is 2.29. The van der Waals surface area contributed by atoms with Crippen LogP contribution in [-0.4, -0.2) is 30.0 Å². The zero-order valence-corrected chi connectivity index (χ0v) is 14.3. The molecule has 1 atom stereocenters. The van der Waals surface area contributed by atoms with Crippen LogP contribution in [0.15, 0.2) is 54.7 Å². The average Bonchev–Trinajstić information content (AvgIpc) is 3.03. The van der Waals surface area contributed by atoms with Gasteiger partial charge in [0, 0.05) is 34.1 Å². The van der Waals surface area contributed by atoms with Crippen LogP contribution in [-0.2, 0) is 16.0 Å². The number of nitrogens with one attached hydrogen (secondary N) is 2. The minimum Gasteiger partial charge on any atom is -0.467 e. The van der Waals surface area contributed by atoms with Crippen molar-refractivity contribution in [3.8, 4) is 0 Å². The van der Waals surface area contributed by atoms with Gasteiger partial charge in [0.1, 0.15) is 6.04 Å². The molecule has 2 aromatic carbocycles. The number of rotatable bonds is 5. The molecule has 0 saturated carbocycles. The minimum atomic E-state index is -0.796. The molecule has 0 spiro atoms. The summed E-state index contributed by atoms with van der Waals surface area (Å²) in [6, 6.07) is 13.5.